The van der Waals surface area contributed by atoms with Gasteiger partial charge in [0.15, 0.2) is 6.04 Å². The highest BCUT2D eigenvalue weighted by atomic mass is 16.5. The summed E-state index contributed by atoms with van der Waals surface area (Å²) in [5.74, 6) is -0.802. The van der Waals surface area contributed by atoms with Crippen LogP contribution in [0.4, 0.5) is 5.69 Å². The molecule has 5 N–H and O–H groups in total. The van der Waals surface area contributed by atoms with E-state index in [9.17, 15) is 14.4 Å². The molecule has 0 spiro atoms. The summed E-state index contributed by atoms with van der Waals surface area (Å²) in [7, 11) is 0. The summed E-state index contributed by atoms with van der Waals surface area (Å²) < 4.78 is 4.89. The van der Waals surface area contributed by atoms with Crippen LogP contribution in [0.3, 0.4) is 0 Å². The van der Waals surface area contributed by atoms with Gasteiger partial charge >= 0.3 is 5.97 Å². The number of carbonyl (C=O) groups excluding carboxylic acids is 3. The first-order valence-electron chi connectivity index (χ1n) is 7.87. The molecular formula is C17H26N3O4+. The van der Waals surface area contributed by atoms with E-state index in [4.69, 9.17) is 4.74 Å². The minimum atomic E-state index is -0.666. The van der Waals surface area contributed by atoms with Gasteiger partial charge in [0, 0.05) is 18.5 Å². The van der Waals surface area contributed by atoms with Gasteiger partial charge in [0.05, 0.1) is 0 Å². The molecule has 7 heteroatoms. The van der Waals surface area contributed by atoms with E-state index in [-0.39, 0.29) is 30.3 Å². The third-order valence-electron chi connectivity index (χ3n) is 3.56. The molecule has 24 heavy (non-hydrogen) atoms. The zero-order chi connectivity index (χ0) is 18.3. The van der Waals surface area contributed by atoms with Crippen molar-refractivity contribution in [3.63, 3.8) is 0 Å². The van der Waals surface area contributed by atoms with Gasteiger partial charge in [-0.1, -0.05) is 26.0 Å². The molecule has 1 aromatic rings. The predicted molar refractivity (Wildman–Crippen MR) is 89.7 cm³/mol. The van der Waals surface area contributed by atoms with E-state index < -0.39 is 12.1 Å². The van der Waals surface area contributed by atoms with Crippen LogP contribution >= 0.6 is 0 Å². The molecule has 2 amide bonds. The molecule has 1 aromatic carbocycles. The van der Waals surface area contributed by atoms with Crippen molar-refractivity contribution < 1.29 is 24.9 Å². The van der Waals surface area contributed by atoms with Crippen LogP contribution in [-0.4, -0.2) is 29.9 Å². The molecule has 0 aliphatic rings. The van der Waals surface area contributed by atoms with Crippen LogP contribution in [0.1, 0.15) is 33.3 Å². The SMILES string of the molecule is CC(=O)OCc1ccc(NC(=O)[C@H](C)NC(=O)[C@@H]([NH3+])C(C)C)cc1. The number of rotatable bonds is 7. The molecule has 0 saturated carbocycles. The molecule has 0 radical (unpaired) electrons. The van der Waals surface area contributed by atoms with Gasteiger partial charge in [0.1, 0.15) is 12.6 Å². The van der Waals surface area contributed by atoms with Crippen molar-refractivity contribution in [3.8, 4) is 0 Å². The second-order valence-corrected chi connectivity index (χ2v) is 6.05. The second kappa shape index (κ2) is 9.02. The fourth-order valence-corrected chi connectivity index (χ4v) is 1.81. The molecule has 0 unspecified atom stereocenters. The van der Waals surface area contributed by atoms with Crippen molar-refractivity contribution in [2.24, 2.45) is 5.92 Å². The molecule has 7 nitrogen and oxygen atoms in total. The summed E-state index contributed by atoms with van der Waals surface area (Å²) in [6, 6.07) is 5.87. The fraction of sp³-hybridized carbons (Fsp3) is 0.471. The number of hydrogen-bond donors (Lipinski definition) is 3. The number of hydrogen-bond acceptors (Lipinski definition) is 4. The van der Waals surface area contributed by atoms with Crippen molar-refractivity contribution in [2.75, 3.05) is 5.32 Å². The Labute approximate surface area is 141 Å². The van der Waals surface area contributed by atoms with Crippen LogP contribution in [0.2, 0.25) is 0 Å². The number of quaternary nitrogens is 1. The first-order valence-corrected chi connectivity index (χ1v) is 7.87. The lowest BCUT2D eigenvalue weighted by Gasteiger charge is -2.17. The number of esters is 1. The Morgan fingerprint density at radius 2 is 1.67 bits per heavy atom. The van der Waals surface area contributed by atoms with Crippen LogP contribution in [0.5, 0.6) is 0 Å². The average molecular weight is 336 g/mol. The molecule has 0 heterocycles. The molecular weight excluding hydrogens is 310 g/mol. The van der Waals surface area contributed by atoms with Gasteiger partial charge in [0.2, 0.25) is 5.91 Å². The zero-order valence-corrected chi connectivity index (χ0v) is 14.6. The highest BCUT2D eigenvalue weighted by Crippen LogP contribution is 2.11. The normalized spacial score (nSPS) is 13.1. The fourth-order valence-electron chi connectivity index (χ4n) is 1.81. The highest BCUT2D eigenvalue weighted by molar-refractivity contribution is 5.97. The van der Waals surface area contributed by atoms with E-state index in [0.29, 0.717) is 5.69 Å². The number of ether oxygens (including phenoxy) is 1. The molecule has 0 aromatic heterocycles. The van der Waals surface area contributed by atoms with Crippen LogP contribution in [0.25, 0.3) is 0 Å². The summed E-state index contributed by atoms with van der Waals surface area (Å²) in [5.41, 5.74) is 5.21. The van der Waals surface area contributed by atoms with Crippen molar-refractivity contribution >= 4 is 23.5 Å². The number of amides is 2. The Balaban J connectivity index is 2.54. The number of anilines is 1. The van der Waals surface area contributed by atoms with E-state index in [2.05, 4.69) is 16.4 Å². The van der Waals surface area contributed by atoms with Gasteiger partial charge in [-0.25, -0.2) is 0 Å². The largest absolute Gasteiger partial charge is 0.461 e. The lowest BCUT2D eigenvalue weighted by Crippen LogP contribution is -2.70. The Kier molecular flexibility index (Phi) is 7.38. The lowest BCUT2D eigenvalue weighted by atomic mass is 10.0. The van der Waals surface area contributed by atoms with Gasteiger partial charge in [0.25, 0.3) is 5.91 Å². The molecule has 1 rings (SSSR count). The Bertz CT molecular complexity index is 584. The third-order valence-corrected chi connectivity index (χ3v) is 3.56. The van der Waals surface area contributed by atoms with Gasteiger partial charge in [-0.2, -0.15) is 0 Å². The summed E-state index contributed by atoms with van der Waals surface area (Å²) >= 11 is 0. The van der Waals surface area contributed by atoms with Crippen LogP contribution in [-0.2, 0) is 25.7 Å². The summed E-state index contributed by atoms with van der Waals surface area (Å²) in [6.07, 6.45) is 0. The lowest BCUT2D eigenvalue weighted by molar-refractivity contribution is -0.414. The number of carbonyl (C=O) groups is 3. The second-order valence-electron chi connectivity index (χ2n) is 6.05. The average Bonchev–Trinajstić information content (AvgIpc) is 2.52. The summed E-state index contributed by atoms with van der Waals surface area (Å²) in [5, 5.41) is 5.38. The summed E-state index contributed by atoms with van der Waals surface area (Å²) in [4.78, 5) is 34.8. The topological polar surface area (TPSA) is 112 Å². The van der Waals surface area contributed by atoms with Crippen molar-refractivity contribution in [1.82, 2.24) is 5.32 Å². The maximum absolute atomic E-state index is 12.1. The van der Waals surface area contributed by atoms with Gasteiger partial charge in [-0.15, -0.1) is 0 Å². The zero-order valence-electron chi connectivity index (χ0n) is 14.6. The van der Waals surface area contributed by atoms with E-state index in [1.54, 1.807) is 31.2 Å². The van der Waals surface area contributed by atoms with Crippen molar-refractivity contribution in [2.45, 2.75) is 46.4 Å². The van der Waals surface area contributed by atoms with Crippen molar-refractivity contribution in [3.05, 3.63) is 29.8 Å². The minimum absolute atomic E-state index is 0.102. The first-order chi connectivity index (χ1) is 11.2. The van der Waals surface area contributed by atoms with Gasteiger partial charge < -0.3 is 21.1 Å². The van der Waals surface area contributed by atoms with E-state index in [1.807, 2.05) is 13.8 Å². The van der Waals surface area contributed by atoms with E-state index >= 15 is 0 Å². The Hall–Kier alpha value is -2.41. The Morgan fingerprint density at radius 1 is 1.08 bits per heavy atom. The molecule has 0 fully saturated rings. The van der Waals surface area contributed by atoms with Crippen LogP contribution in [0.15, 0.2) is 24.3 Å². The predicted octanol–water partition coefficient (Wildman–Crippen LogP) is 0.459. The smallest absolute Gasteiger partial charge is 0.302 e. The monoisotopic (exact) mass is 336 g/mol. The van der Waals surface area contributed by atoms with Gasteiger partial charge in [-0.3, -0.25) is 14.4 Å². The molecule has 0 aliphatic heterocycles. The van der Waals surface area contributed by atoms with Crippen molar-refractivity contribution in [1.29, 1.82) is 0 Å². The quantitative estimate of drug-likeness (QED) is 0.628. The van der Waals surface area contributed by atoms with E-state index in [0.717, 1.165) is 5.56 Å². The minimum Gasteiger partial charge on any atom is -0.461 e. The maximum atomic E-state index is 12.1. The molecule has 0 bridgehead atoms. The molecule has 0 aliphatic carbocycles. The van der Waals surface area contributed by atoms with Crippen LogP contribution < -0.4 is 16.4 Å². The first kappa shape index (κ1) is 19.6. The Morgan fingerprint density at radius 3 is 2.17 bits per heavy atom. The third kappa shape index (κ3) is 6.37. The number of nitrogens with one attached hydrogen (secondary N) is 2. The molecule has 2 atom stereocenters. The maximum Gasteiger partial charge on any atom is 0.302 e. The highest BCUT2D eigenvalue weighted by Gasteiger charge is 2.24. The number of benzene rings is 1. The van der Waals surface area contributed by atoms with Gasteiger partial charge in [-0.05, 0) is 24.6 Å². The van der Waals surface area contributed by atoms with E-state index in [1.165, 1.54) is 6.92 Å². The summed E-state index contributed by atoms with van der Waals surface area (Å²) in [6.45, 7) is 6.96. The molecule has 0 saturated heterocycles. The van der Waals surface area contributed by atoms with Crippen LogP contribution in [0, 0.1) is 5.92 Å². The standard InChI is InChI=1S/C17H25N3O4/c1-10(2)15(18)17(23)19-11(3)16(22)20-14-7-5-13(6-8-14)9-24-12(4)21/h5-8,10-11,15H,9,18H2,1-4H3,(H,19,23)(H,20,22)/p+1/t11-,15-/m0/s1. The molecule has 132 valence electrons.